The van der Waals surface area contributed by atoms with Crippen LogP contribution in [0.15, 0.2) is 29.2 Å². The number of nitrogens with one attached hydrogen (secondary N) is 1. The van der Waals surface area contributed by atoms with Gasteiger partial charge in [-0.25, -0.2) is 12.8 Å². The molecular formula is C17H26FN3O3S. The van der Waals surface area contributed by atoms with Crippen LogP contribution in [0.2, 0.25) is 0 Å². The molecule has 8 heteroatoms. The van der Waals surface area contributed by atoms with Gasteiger partial charge >= 0.3 is 0 Å². The molecule has 1 aliphatic rings. The van der Waals surface area contributed by atoms with Crippen molar-refractivity contribution in [2.45, 2.75) is 24.2 Å². The van der Waals surface area contributed by atoms with Gasteiger partial charge in [0.15, 0.2) is 0 Å². The fourth-order valence-electron chi connectivity index (χ4n) is 2.90. The van der Waals surface area contributed by atoms with Crippen LogP contribution in [0.1, 0.15) is 19.3 Å². The summed E-state index contributed by atoms with van der Waals surface area (Å²) in [6.07, 6.45) is 1.78. The Hall–Kier alpha value is -1.51. The van der Waals surface area contributed by atoms with Crippen molar-refractivity contribution in [3.8, 4) is 0 Å². The van der Waals surface area contributed by atoms with Crippen molar-refractivity contribution in [1.29, 1.82) is 0 Å². The van der Waals surface area contributed by atoms with Gasteiger partial charge in [-0.05, 0) is 52.0 Å². The Morgan fingerprint density at radius 2 is 1.92 bits per heavy atom. The largest absolute Gasteiger partial charge is 0.356 e. The number of sulfonamides is 1. The van der Waals surface area contributed by atoms with Gasteiger partial charge in [0.1, 0.15) is 10.7 Å². The number of rotatable bonds is 7. The quantitative estimate of drug-likeness (QED) is 0.734. The number of benzene rings is 1. The molecule has 1 saturated heterocycles. The van der Waals surface area contributed by atoms with Crippen LogP contribution in [0.5, 0.6) is 0 Å². The lowest BCUT2D eigenvalue weighted by Crippen LogP contribution is -2.43. The van der Waals surface area contributed by atoms with Crippen LogP contribution >= 0.6 is 0 Å². The maximum absolute atomic E-state index is 13.8. The first-order valence-electron chi connectivity index (χ1n) is 8.49. The summed E-state index contributed by atoms with van der Waals surface area (Å²) in [5.74, 6) is -0.962. The molecule has 0 spiro atoms. The summed E-state index contributed by atoms with van der Waals surface area (Å²) in [7, 11) is 0.108. The molecule has 1 heterocycles. The van der Waals surface area contributed by atoms with Crippen LogP contribution in [0.4, 0.5) is 4.39 Å². The Morgan fingerprint density at radius 3 is 2.52 bits per heavy atom. The van der Waals surface area contributed by atoms with Gasteiger partial charge in [0.2, 0.25) is 15.9 Å². The second kappa shape index (κ2) is 8.73. The number of halogens is 1. The highest BCUT2D eigenvalue weighted by Crippen LogP contribution is 2.25. The molecule has 2 rings (SSSR count). The minimum atomic E-state index is -3.85. The van der Waals surface area contributed by atoms with E-state index in [-0.39, 0.29) is 29.8 Å². The van der Waals surface area contributed by atoms with Gasteiger partial charge in [-0.1, -0.05) is 12.1 Å². The molecule has 0 bridgehead atoms. The highest BCUT2D eigenvalue weighted by Gasteiger charge is 2.33. The summed E-state index contributed by atoms with van der Waals surface area (Å²) >= 11 is 0. The monoisotopic (exact) mass is 371 g/mol. The summed E-state index contributed by atoms with van der Waals surface area (Å²) < 4.78 is 40.1. The predicted molar refractivity (Wildman–Crippen MR) is 94.1 cm³/mol. The summed E-state index contributed by atoms with van der Waals surface area (Å²) in [4.78, 5) is 13.9. The molecule has 1 aromatic carbocycles. The van der Waals surface area contributed by atoms with Crippen molar-refractivity contribution in [1.82, 2.24) is 14.5 Å². The first-order valence-corrected chi connectivity index (χ1v) is 9.93. The van der Waals surface area contributed by atoms with Gasteiger partial charge in [0, 0.05) is 25.6 Å². The van der Waals surface area contributed by atoms with E-state index in [1.807, 2.05) is 14.1 Å². The zero-order valence-corrected chi connectivity index (χ0v) is 15.6. The third-order valence-corrected chi connectivity index (χ3v) is 6.29. The van der Waals surface area contributed by atoms with E-state index in [0.29, 0.717) is 19.4 Å². The van der Waals surface area contributed by atoms with Crippen LogP contribution in [-0.2, 0) is 14.8 Å². The lowest BCUT2D eigenvalue weighted by molar-refractivity contribution is -0.126. The fraction of sp³-hybridized carbons (Fsp3) is 0.588. The topological polar surface area (TPSA) is 69.7 Å². The number of carbonyl (C=O) groups is 1. The lowest BCUT2D eigenvalue weighted by Gasteiger charge is -2.30. The Labute approximate surface area is 149 Å². The molecule has 1 amide bonds. The smallest absolute Gasteiger partial charge is 0.245 e. The number of carbonyl (C=O) groups excluding carboxylic acids is 1. The number of hydrogen-bond acceptors (Lipinski definition) is 4. The molecule has 0 saturated carbocycles. The molecule has 0 unspecified atom stereocenters. The fourth-order valence-corrected chi connectivity index (χ4v) is 4.44. The third kappa shape index (κ3) is 5.23. The van der Waals surface area contributed by atoms with E-state index in [1.54, 1.807) is 0 Å². The second-order valence-corrected chi connectivity index (χ2v) is 8.46. The van der Waals surface area contributed by atoms with Crippen molar-refractivity contribution < 1.29 is 17.6 Å². The standard InChI is InChI=1S/C17H26FN3O3S/c1-20(2)11-5-10-19-17(22)14-8-12-21(13-9-14)25(23,24)16-7-4-3-6-15(16)18/h3-4,6-7,14H,5,8-13H2,1-2H3,(H,19,22). The molecule has 1 N–H and O–H groups in total. The van der Waals surface area contributed by atoms with Crippen LogP contribution in [0.25, 0.3) is 0 Å². The summed E-state index contributed by atoms with van der Waals surface area (Å²) in [5.41, 5.74) is 0. The summed E-state index contributed by atoms with van der Waals surface area (Å²) in [5, 5.41) is 2.91. The minimum absolute atomic E-state index is 0.0262. The van der Waals surface area contributed by atoms with Crippen molar-refractivity contribution in [3.05, 3.63) is 30.1 Å². The third-order valence-electron chi connectivity index (χ3n) is 4.36. The molecule has 25 heavy (non-hydrogen) atoms. The van der Waals surface area contributed by atoms with E-state index < -0.39 is 15.8 Å². The number of hydrogen-bond donors (Lipinski definition) is 1. The predicted octanol–water partition coefficient (Wildman–Crippen LogP) is 1.29. The van der Waals surface area contributed by atoms with Gasteiger partial charge in [-0.2, -0.15) is 4.31 Å². The molecule has 0 aliphatic carbocycles. The number of amides is 1. The zero-order chi connectivity index (χ0) is 18.4. The highest BCUT2D eigenvalue weighted by atomic mass is 32.2. The second-order valence-electron chi connectivity index (χ2n) is 6.56. The lowest BCUT2D eigenvalue weighted by atomic mass is 9.97. The molecule has 0 radical (unpaired) electrons. The van der Waals surface area contributed by atoms with Crippen LogP contribution < -0.4 is 5.32 Å². The van der Waals surface area contributed by atoms with Crippen molar-refractivity contribution >= 4 is 15.9 Å². The Balaban J connectivity index is 1.87. The summed E-state index contributed by atoms with van der Waals surface area (Å²) in [6, 6.07) is 5.38. The van der Waals surface area contributed by atoms with E-state index in [0.717, 1.165) is 19.0 Å². The van der Waals surface area contributed by atoms with Crippen molar-refractivity contribution in [2.75, 3.05) is 40.3 Å². The van der Waals surface area contributed by atoms with Crippen LogP contribution in [-0.4, -0.2) is 63.8 Å². The summed E-state index contributed by atoms with van der Waals surface area (Å²) in [6.45, 7) is 1.98. The van der Waals surface area contributed by atoms with E-state index in [9.17, 15) is 17.6 Å². The van der Waals surface area contributed by atoms with Gasteiger partial charge in [-0.3, -0.25) is 4.79 Å². The SMILES string of the molecule is CN(C)CCCNC(=O)C1CCN(S(=O)(=O)c2ccccc2F)CC1. The number of piperidine rings is 1. The molecule has 6 nitrogen and oxygen atoms in total. The van der Waals surface area contributed by atoms with Gasteiger partial charge in [-0.15, -0.1) is 0 Å². The average molecular weight is 371 g/mol. The van der Waals surface area contributed by atoms with Crippen LogP contribution in [0.3, 0.4) is 0 Å². The molecule has 140 valence electrons. The molecule has 1 aromatic rings. The van der Waals surface area contributed by atoms with Gasteiger partial charge < -0.3 is 10.2 Å². The molecule has 0 atom stereocenters. The molecule has 0 aromatic heterocycles. The maximum Gasteiger partial charge on any atom is 0.245 e. The highest BCUT2D eigenvalue weighted by molar-refractivity contribution is 7.89. The normalized spacial score (nSPS) is 17.0. The van der Waals surface area contributed by atoms with E-state index in [2.05, 4.69) is 10.2 Å². The number of nitrogens with zero attached hydrogens (tertiary/aromatic N) is 2. The molecule has 1 fully saturated rings. The van der Waals surface area contributed by atoms with Crippen LogP contribution in [0, 0.1) is 11.7 Å². The minimum Gasteiger partial charge on any atom is -0.356 e. The van der Waals surface area contributed by atoms with E-state index in [1.165, 1.54) is 22.5 Å². The zero-order valence-electron chi connectivity index (χ0n) is 14.7. The van der Waals surface area contributed by atoms with Gasteiger partial charge in [0.05, 0.1) is 0 Å². The van der Waals surface area contributed by atoms with Crippen molar-refractivity contribution in [3.63, 3.8) is 0 Å². The van der Waals surface area contributed by atoms with Gasteiger partial charge in [0.25, 0.3) is 0 Å². The Morgan fingerprint density at radius 1 is 1.28 bits per heavy atom. The Bertz CT molecular complexity index is 686. The first kappa shape index (κ1) is 19.8. The van der Waals surface area contributed by atoms with E-state index >= 15 is 0 Å². The molecular weight excluding hydrogens is 345 g/mol. The average Bonchev–Trinajstić information content (AvgIpc) is 2.58. The molecule has 1 aliphatic heterocycles. The van der Waals surface area contributed by atoms with E-state index in [4.69, 9.17) is 0 Å². The first-order chi connectivity index (χ1) is 11.8. The Kier molecular flexibility index (Phi) is 6.92. The van der Waals surface area contributed by atoms with Crippen molar-refractivity contribution in [2.24, 2.45) is 5.92 Å². The maximum atomic E-state index is 13.8.